The van der Waals surface area contributed by atoms with Crippen LogP contribution in [-0.2, 0) is 0 Å². The molecule has 0 bridgehead atoms. The lowest BCUT2D eigenvalue weighted by molar-refractivity contribution is 0.0315. The number of hydrogen-bond donors (Lipinski definition) is 1. The summed E-state index contributed by atoms with van der Waals surface area (Å²) < 4.78 is 26.2. The van der Waals surface area contributed by atoms with Gasteiger partial charge in [0.25, 0.3) is 0 Å². The molecule has 3 nitrogen and oxygen atoms in total. The van der Waals surface area contributed by atoms with Crippen LogP contribution < -0.4 is 0 Å². The van der Waals surface area contributed by atoms with Crippen molar-refractivity contribution in [2.45, 2.75) is 44.2 Å². The number of carbonyl (C=O) groups is 1. The molecule has 2 unspecified atom stereocenters. The molecule has 5 heteroatoms. The summed E-state index contributed by atoms with van der Waals surface area (Å²) in [6.45, 7) is 0.471. The van der Waals surface area contributed by atoms with Crippen LogP contribution in [0.15, 0.2) is 18.2 Å². The van der Waals surface area contributed by atoms with Crippen LogP contribution in [0.3, 0.4) is 0 Å². The van der Waals surface area contributed by atoms with Gasteiger partial charge in [-0.15, -0.1) is 0 Å². The van der Waals surface area contributed by atoms with E-state index in [1.54, 1.807) is 0 Å². The summed E-state index contributed by atoms with van der Waals surface area (Å²) in [6, 6.07) is 2.93. The lowest BCUT2D eigenvalue weighted by atomic mass is 9.91. The molecule has 0 radical (unpaired) electrons. The molecule has 2 rings (SSSR count). The fourth-order valence-corrected chi connectivity index (χ4v) is 2.91. The number of Topliss-reactive ketones (excluding diaryl/α,β-unsaturated/α-hetero) is 1. The van der Waals surface area contributed by atoms with E-state index in [1.807, 2.05) is 11.9 Å². The predicted molar refractivity (Wildman–Crippen MR) is 76.2 cm³/mol. The summed E-state index contributed by atoms with van der Waals surface area (Å²) in [4.78, 5) is 14.0. The molecule has 0 saturated heterocycles. The van der Waals surface area contributed by atoms with Crippen molar-refractivity contribution < 1.29 is 18.7 Å². The number of nitrogens with zero attached hydrogens (tertiary/aromatic N) is 1. The molecule has 0 heterocycles. The minimum absolute atomic E-state index is 0.0603. The highest BCUT2D eigenvalue weighted by molar-refractivity contribution is 5.96. The van der Waals surface area contributed by atoms with Crippen molar-refractivity contribution >= 4 is 5.78 Å². The largest absolute Gasteiger partial charge is 0.391 e. The predicted octanol–water partition coefficient (Wildman–Crippen LogP) is 2.77. The number of likely N-dealkylation sites (N-methyl/N-ethyl adjacent to an activating group) is 1. The van der Waals surface area contributed by atoms with Crippen molar-refractivity contribution in [3.63, 3.8) is 0 Å². The molecule has 0 amide bonds. The van der Waals surface area contributed by atoms with Gasteiger partial charge in [-0.1, -0.05) is 12.8 Å². The van der Waals surface area contributed by atoms with Crippen LogP contribution in [0.4, 0.5) is 8.78 Å². The second kappa shape index (κ2) is 7.09. The van der Waals surface area contributed by atoms with Crippen molar-refractivity contribution in [3.8, 4) is 0 Å². The maximum absolute atomic E-state index is 13.1. The molecule has 0 aromatic heterocycles. The molecule has 116 valence electrons. The van der Waals surface area contributed by atoms with Gasteiger partial charge < -0.3 is 10.0 Å². The molecule has 1 fully saturated rings. The van der Waals surface area contributed by atoms with E-state index >= 15 is 0 Å². The highest BCUT2D eigenvalue weighted by Gasteiger charge is 2.26. The molecule has 0 aliphatic heterocycles. The minimum atomic E-state index is -0.741. The Morgan fingerprint density at radius 3 is 2.48 bits per heavy atom. The number of benzene rings is 1. The van der Waals surface area contributed by atoms with E-state index in [4.69, 9.17) is 0 Å². The zero-order valence-corrected chi connectivity index (χ0v) is 12.2. The van der Waals surface area contributed by atoms with Crippen molar-refractivity contribution in [2.24, 2.45) is 0 Å². The van der Waals surface area contributed by atoms with Gasteiger partial charge >= 0.3 is 0 Å². The van der Waals surface area contributed by atoms with Crippen molar-refractivity contribution in [2.75, 3.05) is 13.6 Å². The maximum Gasteiger partial charge on any atom is 0.164 e. The zero-order chi connectivity index (χ0) is 15.4. The fourth-order valence-electron chi connectivity index (χ4n) is 2.91. The van der Waals surface area contributed by atoms with Crippen LogP contribution in [0.5, 0.6) is 0 Å². The number of ketones is 1. The summed E-state index contributed by atoms with van der Waals surface area (Å²) in [6.07, 6.45) is 3.65. The zero-order valence-electron chi connectivity index (χ0n) is 12.2. The first kappa shape index (κ1) is 16.0. The van der Waals surface area contributed by atoms with Crippen LogP contribution in [0, 0.1) is 11.6 Å². The van der Waals surface area contributed by atoms with Crippen LogP contribution in [-0.4, -0.2) is 41.5 Å². The van der Waals surface area contributed by atoms with Gasteiger partial charge in [0.15, 0.2) is 5.78 Å². The molecule has 1 N–H and O–H groups in total. The van der Waals surface area contributed by atoms with Gasteiger partial charge in [0.05, 0.1) is 6.10 Å². The molecule has 0 spiro atoms. The maximum atomic E-state index is 13.1. The Bertz CT molecular complexity index is 487. The van der Waals surface area contributed by atoms with E-state index in [0.29, 0.717) is 6.54 Å². The third-order valence-corrected chi connectivity index (χ3v) is 4.14. The average molecular weight is 297 g/mol. The Balaban J connectivity index is 1.91. The highest BCUT2D eigenvalue weighted by atomic mass is 19.1. The van der Waals surface area contributed by atoms with Gasteiger partial charge in [-0.3, -0.25) is 4.79 Å². The summed E-state index contributed by atoms with van der Waals surface area (Å²) in [5, 5.41) is 9.97. The second-order valence-electron chi connectivity index (χ2n) is 5.73. The third kappa shape index (κ3) is 4.32. The van der Waals surface area contributed by atoms with Crippen LogP contribution in [0.2, 0.25) is 0 Å². The number of aliphatic hydroxyl groups is 1. The summed E-state index contributed by atoms with van der Waals surface area (Å²) in [5.41, 5.74) is 0.0603. The molecule has 1 saturated carbocycles. The summed E-state index contributed by atoms with van der Waals surface area (Å²) >= 11 is 0. The van der Waals surface area contributed by atoms with E-state index in [9.17, 15) is 18.7 Å². The monoisotopic (exact) mass is 297 g/mol. The quantitative estimate of drug-likeness (QED) is 0.850. The smallest absolute Gasteiger partial charge is 0.164 e. The number of carbonyl (C=O) groups excluding carboxylic acids is 1. The summed E-state index contributed by atoms with van der Waals surface area (Å²) in [7, 11) is 1.87. The molecule has 1 aromatic rings. The first-order valence-electron chi connectivity index (χ1n) is 7.35. The van der Waals surface area contributed by atoms with Gasteiger partial charge in [0.1, 0.15) is 11.6 Å². The van der Waals surface area contributed by atoms with E-state index in [1.165, 1.54) is 0 Å². The molecule has 2 atom stereocenters. The van der Waals surface area contributed by atoms with Gasteiger partial charge in [-0.25, -0.2) is 8.78 Å². The Morgan fingerprint density at radius 2 is 1.86 bits per heavy atom. The molecule has 1 aliphatic rings. The van der Waals surface area contributed by atoms with Gasteiger partial charge in [0, 0.05) is 30.6 Å². The molecule has 21 heavy (non-hydrogen) atoms. The van der Waals surface area contributed by atoms with Gasteiger partial charge in [-0.2, -0.15) is 0 Å². The average Bonchev–Trinajstić information content (AvgIpc) is 2.43. The van der Waals surface area contributed by atoms with E-state index in [0.717, 1.165) is 43.9 Å². The van der Waals surface area contributed by atoms with Crippen molar-refractivity contribution in [1.29, 1.82) is 0 Å². The fraction of sp³-hybridized carbons (Fsp3) is 0.562. The molecular formula is C16H21F2NO2. The van der Waals surface area contributed by atoms with Crippen LogP contribution in [0.25, 0.3) is 0 Å². The van der Waals surface area contributed by atoms with Crippen LogP contribution in [0.1, 0.15) is 42.5 Å². The Hall–Kier alpha value is -1.33. The summed E-state index contributed by atoms with van der Waals surface area (Å²) in [5.74, 6) is -1.77. The highest BCUT2D eigenvalue weighted by Crippen LogP contribution is 2.22. The second-order valence-corrected chi connectivity index (χ2v) is 5.73. The van der Waals surface area contributed by atoms with E-state index in [-0.39, 0.29) is 29.9 Å². The Kier molecular flexibility index (Phi) is 5.42. The SMILES string of the molecule is CN(CCC(=O)c1cc(F)cc(F)c1)C1CCCCC1O. The standard InChI is InChI=1S/C16H21F2NO2/c1-19(14-4-2-3-5-16(14)21)7-6-15(20)11-8-12(17)10-13(18)9-11/h8-10,14,16,21H,2-7H2,1H3. The minimum Gasteiger partial charge on any atom is -0.391 e. The van der Waals surface area contributed by atoms with Gasteiger partial charge in [0.2, 0.25) is 0 Å². The Morgan fingerprint density at radius 1 is 1.24 bits per heavy atom. The molecule has 1 aliphatic carbocycles. The number of aliphatic hydroxyl groups excluding tert-OH is 1. The number of halogens is 2. The third-order valence-electron chi connectivity index (χ3n) is 4.14. The first-order chi connectivity index (χ1) is 9.97. The number of rotatable bonds is 5. The van der Waals surface area contributed by atoms with Crippen molar-refractivity contribution in [1.82, 2.24) is 4.90 Å². The lowest BCUT2D eigenvalue weighted by Gasteiger charge is -2.35. The van der Waals surface area contributed by atoms with Crippen molar-refractivity contribution in [3.05, 3.63) is 35.4 Å². The van der Waals surface area contributed by atoms with Gasteiger partial charge in [-0.05, 0) is 32.0 Å². The molecule has 1 aromatic carbocycles. The van der Waals surface area contributed by atoms with E-state index in [2.05, 4.69) is 0 Å². The number of hydrogen-bond acceptors (Lipinski definition) is 3. The van der Waals surface area contributed by atoms with E-state index < -0.39 is 11.6 Å². The first-order valence-corrected chi connectivity index (χ1v) is 7.35. The molecular weight excluding hydrogens is 276 g/mol. The Labute approximate surface area is 123 Å². The lowest BCUT2D eigenvalue weighted by Crippen LogP contribution is -2.44. The topological polar surface area (TPSA) is 40.5 Å². The normalized spacial score (nSPS) is 22.5. The van der Waals surface area contributed by atoms with Crippen LogP contribution >= 0.6 is 0 Å².